The highest BCUT2D eigenvalue weighted by atomic mass is 32.2. The molecule has 0 spiro atoms. The molecule has 0 fully saturated rings. The van der Waals surface area contributed by atoms with Gasteiger partial charge < -0.3 is 9.64 Å². The molecule has 1 heterocycles. The van der Waals surface area contributed by atoms with E-state index < -0.39 is 10.0 Å². The van der Waals surface area contributed by atoms with Gasteiger partial charge in [-0.05, 0) is 42.7 Å². The van der Waals surface area contributed by atoms with E-state index in [1.807, 2.05) is 36.4 Å². The van der Waals surface area contributed by atoms with Gasteiger partial charge in [0, 0.05) is 19.5 Å². The number of hydrogen-bond acceptors (Lipinski definition) is 4. The minimum Gasteiger partial charge on any atom is -0.497 e. The van der Waals surface area contributed by atoms with Crippen molar-refractivity contribution in [2.24, 2.45) is 0 Å². The zero-order valence-electron chi connectivity index (χ0n) is 15.6. The zero-order valence-corrected chi connectivity index (χ0v) is 16.4. The number of para-hydroxylation sites is 2. The minimum absolute atomic E-state index is 0.0133. The summed E-state index contributed by atoms with van der Waals surface area (Å²) < 4.78 is 30.9. The molecule has 0 aliphatic carbocycles. The Morgan fingerprint density at radius 2 is 1.81 bits per heavy atom. The number of rotatable bonds is 5. The monoisotopic (exact) mass is 388 g/mol. The lowest BCUT2D eigenvalue weighted by atomic mass is 10.1. The number of sulfonamides is 1. The summed E-state index contributed by atoms with van der Waals surface area (Å²) in [4.78, 5) is 14.6. The average molecular weight is 388 g/mol. The number of anilines is 2. The van der Waals surface area contributed by atoms with Crippen molar-refractivity contribution in [3.05, 3.63) is 54.1 Å². The first-order chi connectivity index (χ1) is 12.9. The molecule has 7 heteroatoms. The van der Waals surface area contributed by atoms with E-state index in [0.29, 0.717) is 43.7 Å². The van der Waals surface area contributed by atoms with Gasteiger partial charge in [-0.1, -0.05) is 24.3 Å². The van der Waals surface area contributed by atoms with Crippen LogP contribution in [-0.2, 0) is 21.2 Å². The molecule has 1 amide bonds. The predicted molar refractivity (Wildman–Crippen MR) is 107 cm³/mol. The van der Waals surface area contributed by atoms with Gasteiger partial charge in [-0.15, -0.1) is 0 Å². The molecule has 2 aromatic rings. The molecule has 0 atom stereocenters. The van der Waals surface area contributed by atoms with Crippen LogP contribution in [0.2, 0.25) is 0 Å². The summed E-state index contributed by atoms with van der Waals surface area (Å²) in [6, 6.07) is 14.9. The lowest BCUT2D eigenvalue weighted by Crippen LogP contribution is -2.31. The van der Waals surface area contributed by atoms with E-state index in [1.54, 1.807) is 24.1 Å². The molecule has 0 radical (unpaired) electrons. The number of fused-ring (bicyclic) bond motifs is 1. The van der Waals surface area contributed by atoms with E-state index in [1.165, 1.54) is 10.6 Å². The van der Waals surface area contributed by atoms with Crippen molar-refractivity contribution in [1.29, 1.82) is 0 Å². The van der Waals surface area contributed by atoms with E-state index in [9.17, 15) is 13.2 Å². The second kappa shape index (κ2) is 8.00. The second-order valence-electron chi connectivity index (χ2n) is 6.57. The number of ether oxygens (including phenoxy) is 1. The average Bonchev–Trinajstić information content (AvgIpc) is 2.86. The van der Waals surface area contributed by atoms with Gasteiger partial charge in [0.2, 0.25) is 15.9 Å². The molecular weight excluding hydrogens is 364 g/mol. The molecular formula is C20H24N2O4S. The van der Waals surface area contributed by atoms with Crippen molar-refractivity contribution < 1.29 is 17.9 Å². The number of amides is 1. The Bertz CT molecular complexity index is 927. The number of carbonyl (C=O) groups is 1. The molecule has 1 aliphatic rings. The number of nitrogens with zero attached hydrogens (tertiary/aromatic N) is 2. The van der Waals surface area contributed by atoms with Crippen molar-refractivity contribution in [2.75, 3.05) is 35.7 Å². The Kier molecular flexibility index (Phi) is 5.70. The second-order valence-corrected chi connectivity index (χ2v) is 8.48. The van der Waals surface area contributed by atoms with Crippen LogP contribution in [0.5, 0.6) is 5.75 Å². The van der Waals surface area contributed by atoms with Crippen LogP contribution < -0.4 is 13.9 Å². The maximum atomic E-state index is 12.9. The Balaban J connectivity index is 1.81. The third-order valence-electron chi connectivity index (χ3n) is 4.65. The summed E-state index contributed by atoms with van der Waals surface area (Å²) in [5.41, 5.74) is 2.24. The minimum atomic E-state index is -3.39. The zero-order chi connectivity index (χ0) is 19.4. The molecule has 0 N–H and O–H groups in total. The molecule has 27 heavy (non-hydrogen) atoms. The lowest BCUT2D eigenvalue weighted by molar-refractivity contribution is -0.118. The molecule has 2 aromatic carbocycles. The number of hydrogen-bond donors (Lipinski definition) is 0. The number of methoxy groups -OCH3 is 1. The van der Waals surface area contributed by atoms with Crippen LogP contribution >= 0.6 is 0 Å². The van der Waals surface area contributed by atoms with Crippen molar-refractivity contribution in [2.45, 2.75) is 19.3 Å². The van der Waals surface area contributed by atoms with E-state index in [-0.39, 0.29) is 5.91 Å². The quantitative estimate of drug-likeness (QED) is 0.790. The van der Waals surface area contributed by atoms with Crippen LogP contribution in [-0.4, -0.2) is 40.8 Å². The van der Waals surface area contributed by atoms with Crippen LogP contribution in [0.25, 0.3) is 0 Å². The van der Waals surface area contributed by atoms with E-state index in [0.717, 1.165) is 11.3 Å². The Morgan fingerprint density at radius 1 is 1.07 bits per heavy atom. The summed E-state index contributed by atoms with van der Waals surface area (Å²) in [6.45, 7) is 0.871. The number of benzene rings is 2. The topological polar surface area (TPSA) is 66.9 Å². The van der Waals surface area contributed by atoms with Gasteiger partial charge in [0.1, 0.15) is 5.75 Å². The van der Waals surface area contributed by atoms with E-state index >= 15 is 0 Å². The largest absolute Gasteiger partial charge is 0.497 e. The lowest BCUT2D eigenvalue weighted by Gasteiger charge is -2.25. The third kappa shape index (κ3) is 4.42. The van der Waals surface area contributed by atoms with Crippen molar-refractivity contribution in [1.82, 2.24) is 0 Å². The van der Waals surface area contributed by atoms with Gasteiger partial charge in [-0.3, -0.25) is 9.10 Å². The van der Waals surface area contributed by atoms with Gasteiger partial charge in [-0.2, -0.15) is 0 Å². The Morgan fingerprint density at radius 3 is 2.52 bits per heavy atom. The first-order valence-electron chi connectivity index (χ1n) is 8.90. The predicted octanol–water partition coefficient (Wildman–Crippen LogP) is 2.83. The number of carbonyl (C=O) groups excluding carboxylic acids is 1. The molecule has 0 bridgehead atoms. The first-order valence-corrected chi connectivity index (χ1v) is 10.7. The van der Waals surface area contributed by atoms with Crippen LogP contribution in [0, 0.1) is 0 Å². The molecule has 6 nitrogen and oxygen atoms in total. The fourth-order valence-corrected chi connectivity index (χ4v) is 4.31. The summed E-state index contributed by atoms with van der Waals surface area (Å²) in [7, 11) is -1.78. The van der Waals surface area contributed by atoms with Crippen LogP contribution in [0.4, 0.5) is 11.4 Å². The Hall–Kier alpha value is -2.54. The van der Waals surface area contributed by atoms with Crippen LogP contribution in [0.15, 0.2) is 48.5 Å². The van der Waals surface area contributed by atoms with E-state index in [2.05, 4.69) is 0 Å². The number of aryl methyl sites for hydroxylation is 1. The molecule has 0 saturated carbocycles. The van der Waals surface area contributed by atoms with Gasteiger partial charge >= 0.3 is 0 Å². The normalized spacial score (nSPS) is 14.4. The van der Waals surface area contributed by atoms with Crippen molar-refractivity contribution in [3.63, 3.8) is 0 Å². The van der Waals surface area contributed by atoms with Gasteiger partial charge in [0.25, 0.3) is 0 Å². The molecule has 144 valence electrons. The molecule has 3 rings (SSSR count). The summed E-state index contributed by atoms with van der Waals surface area (Å²) in [5, 5.41) is 0. The van der Waals surface area contributed by atoms with Gasteiger partial charge in [0.05, 0.1) is 24.7 Å². The highest BCUT2D eigenvalue weighted by Crippen LogP contribution is 2.34. The summed E-state index contributed by atoms with van der Waals surface area (Å²) >= 11 is 0. The highest BCUT2D eigenvalue weighted by molar-refractivity contribution is 7.92. The van der Waals surface area contributed by atoms with Crippen molar-refractivity contribution >= 4 is 27.3 Å². The summed E-state index contributed by atoms with van der Waals surface area (Å²) in [6.07, 6.45) is 2.74. The van der Waals surface area contributed by atoms with Crippen LogP contribution in [0.1, 0.15) is 18.4 Å². The smallest absolute Gasteiger partial charge is 0.232 e. The van der Waals surface area contributed by atoms with Crippen molar-refractivity contribution in [3.8, 4) is 5.75 Å². The fraction of sp³-hybridized carbons (Fsp3) is 0.350. The van der Waals surface area contributed by atoms with E-state index in [4.69, 9.17) is 4.74 Å². The standard InChI is InChI=1S/C20H24N2O4S/c1-26-17-8-5-7-16(15-17)11-12-20(23)21-13-6-14-22(27(2,24)25)19-10-4-3-9-18(19)21/h3-5,7-10,15H,6,11-14H2,1-2H3. The highest BCUT2D eigenvalue weighted by Gasteiger charge is 2.28. The maximum Gasteiger partial charge on any atom is 0.232 e. The SMILES string of the molecule is COc1cccc(CCC(=O)N2CCCN(S(C)(=O)=O)c3ccccc32)c1. The molecule has 0 saturated heterocycles. The Labute approximate surface area is 160 Å². The maximum absolute atomic E-state index is 12.9. The van der Waals surface area contributed by atoms with Gasteiger partial charge in [-0.25, -0.2) is 8.42 Å². The fourth-order valence-electron chi connectivity index (χ4n) is 3.33. The van der Waals surface area contributed by atoms with Crippen LogP contribution in [0.3, 0.4) is 0 Å². The summed E-state index contributed by atoms with van der Waals surface area (Å²) in [5.74, 6) is 0.754. The first kappa shape index (κ1) is 19.2. The van der Waals surface area contributed by atoms with Gasteiger partial charge in [0.15, 0.2) is 0 Å². The molecule has 1 aliphatic heterocycles. The molecule has 0 aromatic heterocycles. The third-order valence-corrected chi connectivity index (χ3v) is 5.83. The molecule has 0 unspecified atom stereocenters.